The molecule has 3 aromatic heterocycles. The number of likely N-dealkylation sites (tertiary alicyclic amines) is 1. The molecule has 2 aliphatic heterocycles. The Morgan fingerprint density at radius 2 is 1.76 bits per heavy atom. The van der Waals surface area contributed by atoms with Gasteiger partial charge in [-0.15, -0.1) is 0 Å². The molecule has 12 heteroatoms. The molecule has 0 bridgehead atoms. The van der Waals surface area contributed by atoms with Crippen LogP contribution in [0.15, 0.2) is 54.7 Å². The van der Waals surface area contributed by atoms with Crippen LogP contribution in [-0.4, -0.2) is 81.3 Å². The number of imidazole rings is 2. The number of benzene rings is 2. The Morgan fingerprint density at radius 3 is 2.52 bits per heavy atom. The number of carbonyl (C=O) groups excluding carboxylic acids is 2. The molecule has 5 aromatic rings. The summed E-state index contributed by atoms with van der Waals surface area (Å²) in [7, 11) is 2.77. The third-order valence-corrected chi connectivity index (χ3v) is 9.21. The third-order valence-electron chi connectivity index (χ3n) is 9.21. The van der Waals surface area contributed by atoms with E-state index in [1.165, 1.54) is 20.6 Å². The van der Waals surface area contributed by atoms with Gasteiger partial charge < -0.3 is 35.0 Å². The molecule has 46 heavy (non-hydrogen) atoms. The Balaban J connectivity index is 1.11. The summed E-state index contributed by atoms with van der Waals surface area (Å²) in [5.74, 6) is 1.43. The van der Waals surface area contributed by atoms with Gasteiger partial charge in [0.05, 0.1) is 48.4 Å². The first-order valence-corrected chi connectivity index (χ1v) is 15.8. The zero-order chi connectivity index (χ0) is 31.8. The Morgan fingerprint density at radius 1 is 0.957 bits per heavy atom. The van der Waals surface area contributed by atoms with E-state index < -0.39 is 18.2 Å². The van der Waals surface area contributed by atoms with Crippen molar-refractivity contribution in [3.8, 4) is 22.5 Å². The average molecular weight is 623 g/mol. The minimum absolute atomic E-state index is 0.241. The van der Waals surface area contributed by atoms with Gasteiger partial charge in [-0.2, -0.15) is 0 Å². The van der Waals surface area contributed by atoms with Gasteiger partial charge in [-0.05, 0) is 74.2 Å². The number of nitrogens with zero attached hydrogens (tertiary/aromatic N) is 4. The van der Waals surface area contributed by atoms with Crippen molar-refractivity contribution in [2.75, 3.05) is 27.3 Å². The van der Waals surface area contributed by atoms with Crippen molar-refractivity contribution in [2.45, 2.75) is 56.8 Å². The van der Waals surface area contributed by atoms with E-state index in [4.69, 9.17) is 19.4 Å². The number of rotatable bonds is 8. The van der Waals surface area contributed by atoms with E-state index in [-0.39, 0.29) is 11.9 Å². The van der Waals surface area contributed by atoms with Gasteiger partial charge in [0.2, 0.25) is 5.91 Å². The third kappa shape index (κ3) is 5.69. The summed E-state index contributed by atoms with van der Waals surface area (Å²) in [4.78, 5) is 48.6. The zero-order valence-corrected chi connectivity index (χ0v) is 26.2. The Kier molecular flexibility index (Phi) is 8.14. The quantitative estimate of drug-likeness (QED) is 0.189. The number of hydrogen-bond acceptors (Lipinski definition) is 8. The summed E-state index contributed by atoms with van der Waals surface area (Å²) >= 11 is 0. The number of fused-ring (bicyclic) bond motifs is 2. The molecule has 0 radical (unpaired) electrons. The van der Waals surface area contributed by atoms with E-state index in [1.807, 2.05) is 18.3 Å². The molecular weight excluding hydrogens is 584 g/mol. The number of aromatic nitrogens is 5. The van der Waals surface area contributed by atoms with Crippen LogP contribution in [0.2, 0.25) is 0 Å². The number of carbonyl (C=O) groups is 2. The fourth-order valence-electron chi connectivity index (χ4n) is 6.58. The standard InChI is InChI=1S/C34H38N8O4/c1-19(45-2)29(40-34(44)46-3)33(43)42-15-5-7-28(42)32-38-26-13-12-24(37-31(26)41-32)22-10-8-21-17-23(11-9-20(21)16-22)27-18-36-30(39-27)25-6-4-14-35-25/h8-13,16-19,25,28-29,35H,4-7,14-15H2,1-3H3,(H,36,39)(H,40,44)(H,37,38,41)/t19-,25+,28+,29+/m1/s1. The molecule has 238 valence electrons. The van der Waals surface area contributed by atoms with Crippen molar-refractivity contribution in [3.05, 3.63) is 66.4 Å². The molecule has 7 rings (SSSR count). The van der Waals surface area contributed by atoms with Crippen molar-refractivity contribution >= 4 is 33.9 Å². The van der Waals surface area contributed by atoms with Crippen LogP contribution in [0.3, 0.4) is 0 Å². The highest BCUT2D eigenvalue weighted by Crippen LogP contribution is 2.33. The predicted octanol–water partition coefficient (Wildman–Crippen LogP) is 5.02. The maximum Gasteiger partial charge on any atom is 0.407 e. The Labute approximate surface area is 266 Å². The van der Waals surface area contributed by atoms with Gasteiger partial charge in [0, 0.05) is 24.8 Å². The molecule has 2 aromatic carbocycles. The Hall–Kier alpha value is -4.81. The van der Waals surface area contributed by atoms with E-state index in [0.717, 1.165) is 70.4 Å². The van der Waals surface area contributed by atoms with Crippen LogP contribution in [-0.2, 0) is 14.3 Å². The number of methoxy groups -OCH3 is 2. The number of nitrogens with one attached hydrogen (secondary N) is 4. The number of pyridine rings is 1. The van der Waals surface area contributed by atoms with Gasteiger partial charge in [-0.3, -0.25) is 4.79 Å². The predicted molar refractivity (Wildman–Crippen MR) is 174 cm³/mol. The molecule has 0 spiro atoms. The number of amides is 2. The molecular formula is C34H38N8O4. The largest absolute Gasteiger partial charge is 0.453 e. The van der Waals surface area contributed by atoms with Gasteiger partial charge in [-0.25, -0.2) is 19.7 Å². The van der Waals surface area contributed by atoms with Crippen LogP contribution in [0.25, 0.3) is 44.5 Å². The summed E-state index contributed by atoms with van der Waals surface area (Å²) in [6.45, 7) is 3.33. The maximum absolute atomic E-state index is 13.6. The van der Waals surface area contributed by atoms with Gasteiger partial charge in [-0.1, -0.05) is 24.3 Å². The van der Waals surface area contributed by atoms with Gasteiger partial charge in [0.1, 0.15) is 17.7 Å². The molecule has 2 saturated heterocycles. The second-order valence-corrected chi connectivity index (χ2v) is 12.0. The molecule has 2 fully saturated rings. The molecule has 0 saturated carbocycles. The lowest BCUT2D eigenvalue weighted by Crippen LogP contribution is -2.54. The lowest BCUT2D eigenvalue weighted by atomic mass is 10.0. The Bertz CT molecular complexity index is 1890. The first-order chi connectivity index (χ1) is 22.4. The summed E-state index contributed by atoms with van der Waals surface area (Å²) in [5.41, 5.74) is 5.31. The van der Waals surface area contributed by atoms with Crippen LogP contribution in [0.5, 0.6) is 0 Å². The summed E-state index contributed by atoms with van der Waals surface area (Å²) < 4.78 is 10.1. The van der Waals surface area contributed by atoms with Crippen molar-refractivity contribution in [1.82, 2.24) is 40.5 Å². The lowest BCUT2D eigenvalue weighted by molar-refractivity contribution is -0.137. The van der Waals surface area contributed by atoms with Crippen molar-refractivity contribution in [3.63, 3.8) is 0 Å². The normalized spacial score (nSPS) is 19.5. The van der Waals surface area contributed by atoms with Gasteiger partial charge in [0.25, 0.3) is 0 Å². The van der Waals surface area contributed by atoms with Gasteiger partial charge >= 0.3 is 6.09 Å². The molecule has 4 N–H and O–H groups in total. The molecule has 12 nitrogen and oxygen atoms in total. The first-order valence-electron chi connectivity index (χ1n) is 15.8. The van der Waals surface area contributed by atoms with Crippen LogP contribution >= 0.6 is 0 Å². The molecule has 0 aliphatic carbocycles. The van der Waals surface area contributed by atoms with E-state index >= 15 is 0 Å². The lowest BCUT2D eigenvalue weighted by Gasteiger charge is -2.30. The minimum atomic E-state index is -0.887. The SMILES string of the molecule is COC(=O)N[C@H](C(=O)N1CCC[C@H]1c1nc2nc(-c3ccc4cc(-c5cnc([C@@H]6CCCN6)[nH]5)ccc4c3)ccc2[nH]1)[C@@H](C)OC. The van der Waals surface area contributed by atoms with Crippen LogP contribution in [0, 0.1) is 0 Å². The number of H-pyrrole nitrogens is 2. The highest BCUT2D eigenvalue weighted by Gasteiger charge is 2.38. The maximum atomic E-state index is 13.6. The highest BCUT2D eigenvalue weighted by molar-refractivity contribution is 5.91. The number of hydrogen-bond donors (Lipinski definition) is 4. The second kappa shape index (κ2) is 12.5. The van der Waals surface area contributed by atoms with Crippen molar-refractivity contribution in [2.24, 2.45) is 0 Å². The first kappa shape index (κ1) is 29.9. The number of aromatic amines is 2. The fraction of sp³-hybridized carbons (Fsp3) is 0.382. The van der Waals surface area contributed by atoms with E-state index in [2.05, 4.69) is 62.0 Å². The summed E-state index contributed by atoms with van der Waals surface area (Å²) in [6, 6.07) is 15.9. The summed E-state index contributed by atoms with van der Waals surface area (Å²) in [5, 5.41) is 8.37. The average Bonchev–Trinajstić information content (AvgIpc) is 3.91. The second-order valence-electron chi connectivity index (χ2n) is 12.0. The van der Waals surface area contributed by atoms with Crippen molar-refractivity contribution in [1.29, 1.82) is 0 Å². The zero-order valence-electron chi connectivity index (χ0n) is 26.2. The minimum Gasteiger partial charge on any atom is -0.453 e. The monoisotopic (exact) mass is 622 g/mol. The van der Waals surface area contributed by atoms with Crippen LogP contribution in [0.4, 0.5) is 4.79 Å². The summed E-state index contributed by atoms with van der Waals surface area (Å²) in [6.07, 6.45) is 4.53. The van der Waals surface area contributed by atoms with Crippen LogP contribution < -0.4 is 10.6 Å². The van der Waals surface area contributed by atoms with E-state index in [0.29, 0.717) is 24.1 Å². The molecule has 5 heterocycles. The topological polar surface area (TPSA) is 150 Å². The van der Waals surface area contributed by atoms with Crippen molar-refractivity contribution < 1.29 is 19.1 Å². The van der Waals surface area contributed by atoms with Crippen LogP contribution in [0.1, 0.15) is 56.3 Å². The smallest absolute Gasteiger partial charge is 0.407 e. The van der Waals surface area contributed by atoms with Gasteiger partial charge in [0.15, 0.2) is 5.65 Å². The highest BCUT2D eigenvalue weighted by atomic mass is 16.5. The molecule has 2 aliphatic rings. The van der Waals surface area contributed by atoms with E-state index in [1.54, 1.807) is 11.8 Å². The molecule has 4 atom stereocenters. The number of ether oxygens (including phenoxy) is 2. The molecule has 0 unspecified atom stereocenters. The number of alkyl carbamates (subject to hydrolysis) is 1. The molecule has 2 amide bonds. The van der Waals surface area contributed by atoms with E-state index in [9.17, 15) is 9.59 Å². The fourth-order valence-corrected chi connectivity index (χ4v) is 6.58.